The summed E-state index contributed by atoms with van der Waals surface area (Å²) in [6.45, 7) is 5.77. The van der Waals surface area contributed by atoms with Crippen molar-refractivity contribution in [3.8, 4) is 5.75 Å². The molecule has 4 aromatic rings. The number of rotatable bonds is 9. The van der Waals surface area contributed by atoms with E-state index < -0.39 is 11.6 Å². The molecule has 2 aromatic heterocycles. The first kappa shape index (κ1) is 24.8. The Hall–Kier alpha value is -4.27. The van der Waals surface area contributed by atoms with Gasteiger partial charge in [-0.15, -0.1) is 5.10 Å². The fraction of sp³-hybridized carbons (Fsp3) is 0.296. The normalized spacial score (nSPS) is 12.2. The van der Waals surface area contributed by atoms with Gasteiger partial charge in [0.05, 0.1) is 18.3 Å². The van der Waals surface area contributed by atoms with E-state index in [1.54, 1.807) is 42.7 Å². The number of aromatic nitrogens is 4. The van der Waals surface area contributed by atoms with Crippen LogP contribution in [0.25, 0.3) is 11.0 Å². The van der Waals surface area contributed by atoms with Crippen molar-refractivity contribution in [3.63, 3.8) is 0 Å². The maximum Gasteiger partial charge on any atom is 0.249 e. The fourth-order valence-corrected chi connectivity index (χ4v) is 3.93. The second kappa shape index (κ2) is 10.6. The molecule has 2 heterocycles. The minimum absolute atomic E-state index is 0.125. The predicted molar refractivity (Wildman–Crippen MR) is 137 cm³/mol. The average molecular weight is 487 g/mol. The highest BCUT2D eigenvalue weighted by Gasteiger charge is 2.36. The molecule has 36 heavy (non-hydrogen) atoms. The Kier molecular flexibility index (Phi) is 7.28. The summed E-state index contributed by atoms with van der Waals surface area (Å²) in [5, 5.41) is 11.4. The molecule has 0 aliphatic heterocycles. The Bertz CT molecular complexity index is 1350. The molecular formula is C27H30N6O3. The molecule has 0 aliphatic carbocycles. The summed E-state index contributed by atoms with van der Waals surface area (Å²) in [6.07, 6.45) is 3.95. The SMILES string of the molecule is CCC(C)(C)NC(=O)C(c1cccnc1)N(C(=O)Cn1nnc2ccccc21)c1ccccc1OC. The number of carbonyl (C=O) groups excluding carboxylic acids is 2. The third-order valence-corrected chi connectivity index (χ3v) is 6.17. The first-order chi connectivity index (χ1) is 17.3. The molecule has 0 saturated heterocycles. The van der Waals surface area contributed by atoms with Crippen LogP contribution in [0, 0.1) is 0 Å². The van der Waals surface area contributed by atoms with Crippen molar-refractivity contribution in [2.75, 3.05) is 12.0 Å². The van der Waals surface area contributed by atoms with E-state index in [0.29, 0.717) is 28.9 Å². The monoisotopic (exact) mass is 486 g/mol. The van der Waals surface area contributed by atoms with Gasteiger partial charge in [0, 0.05) is 23.5 Å². The number of carbonyl (C=O) groups is 2. The van der Waals surface area contributed by atoms with Crippen molar-refractivity contribution in [1.29, 1.82) is 0 Å². The van der Waals surface area contributed by atoms with E-state index in [1.807, 2.05) is 51.1 Å². The maximum absolute atomic E-state index is 14.1. The van der Waals surface area contributed by atoms with E-state index in [0.717, 1.165) is 5.52 Å². The van der Waals surface area contributed by atoms with E-state index in [-0.39, 0.29) is 18.4 Å². The number of hydrogen-bond acceptors (Lipinski definition) is 6. The molecule has 1 N–H and O–H groups in total. The summed E-state index contributed by atoms with van der Waals surface area (Å²) >= 11 is 0. The lowest BCUT2D eigenvalue weighted by Gasteiger charge is -2.35. The van der Waals surface area contributed by atoms with E-state index in [4.69, 9.17) is 4.74 Å². The number of methoxy groups -OCH3 is 1. The third-order valence-electron chi connectivity index (χ3n) is 6.17. The highest BCUT2D eigenvalue weighted by atomic mass is 16.5. The van der Waals surface area contributed by atoms with Crippen molar-refractivity contribution in [1.82, 2.24) is 25.3 Å². The number of fused-ring (bicyclic) bond motifs is 1. The summed E-state index contributed by atoms with van der Waals surface area (Å²) in [7, 11) is 1.53. The van der Waals surface area contributed by atoms with Crippen LogP contribution in [0.3, 0.4) is 0 Å². The number of amides is 2. The topological polar surface area (TPSA) is 102 Å². The zero-order chi connectivity index (χ0) is 25.7. The van der Waals surface area contributed by atoms with Crippen molar-refractivity contribution in [2.24, 2.45) is 0 Å². The quantitative estimate of drug-likeness (QED) is 0.385. The molecule has 1 atom stereocenters. The van der Waals surface area contributed by atoms with Crippen molar-refractivity contribution in [3.05, 3.63) is 78.6 Å². The Morgan fingerprint density at radius 2 is 1.83 bits per heavy atom. The Labute approximate surface area is 210 Å². The number of para-hydroxylation sites is 3. The second-order valence-corrected chi connectivity index (χ2v) is 9.09. The summed E-state index contributed by atoms with van der Waals surface area (Å²) in [4.78, 5) is 33.6. The van der Waals surface area contributed by atoms with E-state index in [9.17, 15) is 9.59 Å². The van der Waals surface area contributed by atoms with Gasteiger partial charge < -0.3 is 10.1 Å². The number of anilines is 1. The summed E-state index contributed by atoms with van der Waals surface area (Å²) < 4.78 is 7.13. The number of pyridine rings is 1. The lowest BCUT2D eigenvalue weighted by atomic mass is 9.99. The standard InChI is InChI=1S/C27H30N6O3/c1-5-27(2,3)29-26(35)25(19-11-10-16-28-17-19)33(22-14-8-9-15-23(22)36-4)24(34)18-32-21-13-7-6-12-20(21)30-31-32/h6-17,25H,5,18H2,1-4H3,(H,29,35). The Morgan fingerprint density at radius 1 is 1.08 bits per heavy atom. The zero-order valence-electron chi connectivity index (χ0n) is 20.9. The first-order valence-corrected chi connectivity index (χ1v) is 11.8. The van der Waals surface area contributed by atoms with Crippen LogP contribution in [-0.4, -0.2) is 44.4 Å². The second-order valence-electron chi connectivity index (χ2n) is 9.09. The van der Waals surface area contributed by atoms with Crippen LogP contribution in [-0.2, 0) is 16.1 Å². The van der Waals surface area contributed by atoms with Gasteiger partial charge in [-0.05, 0) is 50.6 Å². The van der Waals surface area contributed by atoms with Crippen LogP contribution < -0.4 is 15.0 Å². The molecule has 9 nitrogen and oxygen atoms in total. The Morgan fingerprint density at radius 3 is 2.56 bits per heavy atom. The van der Waals surface area contributed by atoms with Crippen LogP contribution in [0.15, 0.2) is 73.1 Å². The number of nitrogens with zero attached hydrogens (tertiary/aromatic N) is 5. The van der Waals surface area contributed by atoms with E-state index in [2.05, 4.69) is 20.6 Å². The molecule has 2 aromatic carbocycles. The van der Waals surface area contributed by atoms with Gasteiger partial charge in [-0.3, -0.25) is 19.5 Å². The lowest BCUT2D eigenvalue weighted by molar-refractivity contribution is -0.128. The molecule has 0 spiro atoms. The molecule has 0 fully saturated rings. The van der Waals surface area contributed by atoms with Crippen LogP contribution in [0.2, 0.25) is 0 Å². The van der Waals surface area contributed by atoms with Gasteiger partial charge in [0.1, 0.15) is 23.9 Å². The Balaban J connectivity index is 1.84. The molecule has 0 saturated carbocycles. The molecule has 0 radical (unpaired) electrons. The molecule has 186 valence electrons. The lowest BCUT2D eigenvalue weighted by Crippen LogP contribution is -2.51. The van der Waals surface area contributed by atoms with E-state index in [1.165, 1.54) is 16.7 Å². The van der Waals surface area contributed by atoms with Crippen LogP contribution in [0.4, 0.5) is 5.69 Å². The molecular weight excluding hydrogens is 456 g/mol. The van der Waals surface area contributed by atoms with E-state index >= 15 is 0 Å². The molecule has 0 bridgehead atoms. The maximum atomic E-state index is 14.1. The zero-order valence-corrected chi connectivity index (χ0v) is 20.9. The van der Waals surface area contributed by atoms with Crippen LogP contribution >= 0.6 is 0 Å². The third kappa shape index (κ3) is 5.19. The average Bonchev–Trinajstić information content (AvgIpc) is 3.30. The van der Waals surface area contributed by atoms with Crippen molar-refractivity contribution >= 4 is 28.5 Å². The molecule has 1 unspecified atom stereocenters. The van der Waals surface area contributed by atoms with Gasteiger partial charge in [0.2, 0.25) is 11.8 Å². The van der Waals surface area contributed by atoms with Crippen molar-refractivity contribution < 1.29 is 14.3 Å². The van der Waals surface area contributed by atoms with Crippen molar-refractivity contribution in [2.45, 2.75) is 45.3 Å². The van der Waals surface area contributed by atoms with Gasteiger partial charge in [0.15, 0.2) is 0 Å². The van der Waals surface area contributed by atoms with Crippen LogP contribution in [0.5, 0.6) is 5.75 Å². The van der Waals surface area contributed by atoms with Crippen LogP contribution in [0.1, 0.15) is 38.8 Å². The highest BCUT2D eigenvalue weighted by Crippen LogP contribution is 2.35. The summed E-state index contributed by atoms with van der Waals surface area (Å²) in [5.74, 6) is -0.211. The molecule has 2 amide bonds. The minimum Gasteiger partial charge on any atom is -0.495 e. The molecule has 0 aliphatic rings. The van der Waals surface area contributed by atoms with Gasteiger partial charge in [-0.2, -0.15) is 0 Å². The number of nitrogens with one attached hydrogen (secondary N) is 1. The van der Waals surface area contributed by atoms with Gasteiger partial charge in [-0.1, -0.05) is 42.5 Å². The fourth-order valence-electron chi connectivity index (χ4n) is 3.93. The smallest absolute Gasteiger partial charge is 0.249 e. The predicted octanol–water partition coefficient (Wildman–Crippen LogP) is 3.91. The summed E-state index contributed by atoms with van der Waals surface area (Å²) in [5.41, 5.74) is 1.97. The van der Waals surface area contributed by atoms with Gasteiger partial charge in [0.25, 0.3) is 0 Å². The summed E-state index contributed by atoms with van der Waals surface area (Å²) in [6, 6.07) is 17.1. The number of hydrogen-bond donors (Lipinski definition) is 1. The molecule has 4 rings (SSSR count). The minimum atomic E-state index is -0.997. The van der Waals surface area contributed by atoms with Gasteiger partial charge >= 0.3 is 0 Å². The number of benzene rings is 2. The largest absolute Gasteiger partial charge is 0.495 e. The first-order valence-electron chi connectivity index (χ1n) is 11.8. The molecule has 9 heteroatoms. The highest BCUT2D eigenvalue weighted by molar-refractivity contribution is 6.02. The van der Waals surface area contributed by atoms with Gasteiger partial charge in [-0.25, -0.2) is 4.68 Å². The number of ether oxygens (including phenoxy) is 1.